The maximum atomic E-state index is 13.0. The summed E-state index contributed by atoms with van der Waals surface area (Å²) in [4.78, 5) is 0. The van der Waals surface area contributed by atoms with E-state index in [1.165, 1.54) is 0 Å². The van der Waals surface area contributed by atoms with E-state index >= 15 is 0 Å². The third-order valence-corrected chi connectivity index (χ3v) is 3.37. The smallest absolute Gasteiger partial charge is 0.743 e. The van der Waals surface area contributed by atoms with E-state index in [9.17, 15) is 39.3 Å². The molecular weight excluding hydrogens is 341 g/mol. The zero-order valence-corrected chi connectivity index (χ0v) is 14.9. The molecule has 0 bridgehead atoms. The topological polar surface area (TPSA) is 57.2 Å². The Labute approximate surface area is 155 Å². The van der Waals surface area contributed by atoms with Crippen LogP contribution in [-0.2, 0) is 10.1 Å². The van der Waals surface area contributed by atoms with Crippen molar-refractivity contribution in [3.63, 3.8) is 0 Å². The summed E-state index contributed by atoms with van der Waals surface area (Å²) in [6.07, 6.45) is -0.945. The van der Waals surface area contributed by atoms with E-state index in [-0.39, 0.29) is 57.8 Å². The summed E-state index contributed by atoms with van der Waals surface area (Å²) in [7, 11) is -6.89. The van der Waals surface area contributed by atoms with Gasteiger partial charge in [0.1, 0.15) is 0 Å². The summed E-state index contributed by atoms with van der Waals surface area (Å²) < 4.78 is 107. The van der Waals surface area contributed by atoms with Crippen LogP contribution in [0, 0.1) is 0 Å². The molecule has 0 aromatic rings. The molecule has 0 fully saturated rings. The average Bonchev–Trinajstić information content (AvgIpc) is 2.22. The number of rotatable bonds is 8. The van der Waals surface area contributed by atoms with Crippen molar-refractivity contribution in [2.45, 2.75) is 56.1 Å². The number of unbranched alkanes of at least 4 members (excludes halogenated alkanes) is 3. The Morgan fingerprint density at radius 2 is 1.40 bits per heavy atom. The first-order chi connectivity index (χ1) is 8.31. The van der Waals surface area contributed by atoms with Crippen molar-refractivity contribution in [1.29, 1.82) is 0 Å². The second-order valence-corrected chi connectivity index (χ2v) is 5.48. The van der Waals surface area contributed by atoms with Gasteiger partial charge in [0.2, 0.25) is 0 Å². The molecule has 0 amide bonds. The second-order valence-electron chi connectivity index (χ2n) is 4.06. The number of hydrogen-bond acceptors (Lipinski definition) is 3. The molecule has 0 heterocycles. The van der Waals surface area contributed by atoms with Crippen LogP contribution in [0.4, 0.5) is 26.3 Å². The number of halogens is 6. The quantitative estimate of drug-likeness (QED) is 0.274. The van der Waals surface area contributed by atoms with Gasteiger partial charge >= 0.3 is 68.5 Å². The minimum atomic E-state index is -6.89. The molecule has 0 aromatic heterocycles. The standard InChI is InChI=1S/C9H14F6O3S.K/c1-2-3-4-5-6-7(10,11)8(12,13)9(14,15)19(16,17)18;/h2-6H2,1H3,(H,16,17,18);/q;+1/p-1. The van der Waals surface area contributed by atoms with Crippen LogP contribution in [0.2, 0.25) is 0 Å². The predicted molar refractivity (Wildman–Crippen MR) is 53.3 cm³/mol. The van der Waals surface area contributed by atoms with Crippen molar-refractivity contribution in [3.8, 4) is 0 Å². The van der Waals surface area contributed by atoms with E-state index in [1.54, 1.807) is 6.92 Å². The number of alkyl halides is 6. The monoisotopic (exact) mass is 354 g/mol. The molecule has 0 saturated heterocycles. The van der Waals surface area contributed by atoms with Gasteiger partial charge in [0.25, 0.3) is 0 Å². The van der Waals surface area contributed by atoms with Crippen LogP contribution in [0.1, 0.15) is 39.0 Å². The Kier molecular flexibility index (Phi) is 9.49. The molecule has 0 saturated carbocycles. The Balaban J connectivity index is 0. The van der Waals surface area contributed by atoms with E-state index < -0.39 is 40.1 Å². The van der Waals surface area contributed by atoms with Gasteiger partial charge < -0.3 is 4.55 Å². The van der Waals surface area contributed by atoms with Gasteiger partial charge in [-0.2, -0.15) is 26.3 Å². The summed E-state index contributed by atoms with van der Waals surface area (Å²) in [5.41, 5.74) is 0. The Morgan fingerprint density at radius 3 is 1.75 bits per heavy atom. The second kappa shape index (κ2) is 8.11. The largest absolute Gasteiger partial charge is 1.00 e. The van der Waals surface area contributed by atoms with Crippen LogP contribution in [-0.4, -0.2) is 30.1 Å². The molecular formula is C9H13F6KO3S. The van der Waals surface area contributed by atoms with Crippen molar-refractivity contribution >= 4 is 10.1 Å². The van der Waals surface area contributed by atoms with E-state index in [0.717, 1.165) is 0 Å². The Morgan fingerprint density at radius 1 is 0.950 bits per heavy atom. The van der Waals surface area contributed by atoms with Crippen molar-refractivity contribution in [1.82, 2.24) is 0 Å². The molecule has 0 unspecified atom stereocenters. The normalized spacial score (nSPS) is 14.0. The van der Waals surface area contributed by atoms with E-state index in [2.05, 4.69) is 0 Å². The van der Waals surface area contributed by atoms with E-state index in [1.807, 2.05) is 0 Å². The van der Waals surface area contributed by atoms with Crippen molar-refractivity contribution in [2.24, 2.45) is 0 Å². The summed E-state index contributed by atoms with van der Waals surface area (Å²) in [6, 6.07) is 0. The van der Waals surface area contributed by atoms with Crippen LogP contribution in [0.15, 0.2) is 0 Å². The van der Waals surface area contributed by atoms with Gasteiger partial charge in [-0.1, -0.05) is 26.2 Å². The summed E-state index contributed by atoms with van der Waals surface area (Å²) in [6.45, 7) is 1.71. The minimum Gasteiger partial charge on any atom is -0.743 e. The average molecular weight is 354 g/mol. The molecule has 0 aliphatic rings. The molecule has 0 aliphatic heterocycles. The SMILES string of the molecule is CCCCCCC(F)(F)C(F)(F)C(F)(F)S(=O)(=O)[O-].[K+]. The zero-order chi connectivity index (χ0) is 15.5. The molecule has 0 radical (unpaired) electrons. The first-order valence-electron chi connectivity index (χ1n) is 5.40. The molecule has 11 heteroatoms. The van der Waals surface area contributed by atoms with Gasteiger partial charge in [0.15, 0.2) is 10.1 Å². The van der Waals surface area contributed by atoms with Crippen LogP contribution >= 0.6 is 0 Å². The van der Waals surface area contributed by atoms with Gasteiger partial charge in [-0.3, -0.25) is 0 Å². The fraction of sp³-hybridized carbons (Fsp3) is 1.00. The third kappa shape index (κ3) is 5.09. The van der Waals surface area contributed by atoms with E-state index in [4.69, 9.17) is 0 Å². The maximum Gasteiger partial charge on any atom is 1.00 e. The van der Waals surface area contributed by atoms with Crippen molar-refractivity contribution in [3.05, 3.63) is 0 Å². The predicted octanol–water partition coefficient (Wildman–Crippen LogP) is 0.369. The first kappa shape index (κ1) is 23.4. The molecule has 3 nitrogen and oxygen atoms in total. The maximum absolute atomic E-state index is 13.0. The Bertz CT molecular complexity index is 398. The fourth-order valence-electron chi connectivity index (χ4n) is 1.30. The zero-order valence-electron chi connectivity index (χ0n) is 10.9. The minimum absolute atomic E-state index is 0. The Hall–Kier alpha value is 1.13. The molecule has 0 rings (SSSR count). The van der Waals surface area contributed by atoms with Crippen molar-refractivity contribution in [2.75, 3.05) is 0 Å². The third-order valence-electron chi connectivity index (χ3n) is 2.48. The van der Waals surface area contributed by atoms with Crippen LogP contribution in [0.5, 0.6) is 0 Å². The fourth-order valence-corrected chi connectivity index (χ4v) is 1.76. The van der Waals surface area contributed by atoms with Gasteiger partial charge in [0, 0.05) is 6.42 Å². The molecule has 0 N–H and O–H groups in total. The summed E-state index contributed by atoms with van der Waals surface area (Å²) in [5, 5.41) is -6.35. The molecule has 0 aromatic carbocycles. The molecule has 0 atom stereocenters. The molecule has 0 aliphatic carbocycles. The number of hydrogen-bond donors (Lipinski definition) is 0. The van der Waals surface area contributed by atoms with Crippen LogP contribution in [0.3, 0.4) is 0 Å². The van der Waals surface area contributed by atoms with Crippen LogP contribution < -0.4 is 51.4 Å². The van der Waals surface area contributed by atoms with E-state index in [0.29, 0.717) is 12.8 Å². The first-order valence-corrected chi connectivity index (χ1v) is 6.81. The van der Waals surface area contributed by atoms with Gasteiger partial charge in [0.05, 0.1) is 0 Å². The summed E-state index contributed by atoms with van der Waals surface area (Å²) >= 11 is 0. The van der Waals surface area contributed by atoms with Crippen LogP contribution in [0.25, 0.3) is 0 Å². The van der Waals surface area contributed by atoms with Gasteiger partial charge in [-0.05, 0) is 6.42 Å². The van der Waals surface area contributed by atoms with Gasteiger partial charge in [-0.25, -0.2) is 8.42 Å². The molecule has 20 heavy (non-hydrogen) atoms. The molecule has 116 valence electrons. The molecule has 0 spiro atoms. The van der Waals surface area contributed by atoms with Crippen molar-refractivity contribution < 1.29 is 90.7 Å². The summed E-state index contributed by atoms with van der Waals surface area (Å²) in [5.74, 6) is -11.5. The van der Waals surface area contributed by atoms with Gasteiger partial charge in [-0.15, -0.1) is 0 Å².